The van der Waals surface area contributed by atoms with Crippen molar-refractivity contribution in [1.29, 1.82) is 0 Å². The molecule has 0 radical (unpaired) electrons. The van der Waals surface area contributed by atoms with E-state index in [1.54, 1.807) is 0 Å². The van der Waals surface area contributed by atoms with E-state index in [2.05, 4.69) is 15.9 Å². The molecular weight excluding hydrogens is 344 g/mol. The summed E-state index contributed by atoms with van der Waals surface area (Å²) in [5.41, 5.74) is 0.277. The van der Waals surface area contributed by atoms with Gasteiger partial charge < -0.3 is 14.6 Å². The van der Waals surface area contributed by atoms with Crippen molar-refractivity contribution < 1.29 is 14.6 Å². The SMILES string of the molecule is OC1(Cc2ccc(Br)cc2Cl)CCC2(CC1)OCCO2. The highest BCUT2D eigenvalue weighted by Gasteiger charge is 2.45. The molecule has 3 rings (SSSR count). The Hall–Kier alpha value is -0.130. The van der Waals surface area contributed by atoms with E-state index < -0.39 is 11.4 Å². The second kappa shape index (κ2) is 5.58. The van der Waals surface area contributed by atoms with Gasteiger partial charge in [0.05, 0.1) is 18.8 Å². The van der Waals surface area contributed by atoms with Crippen LogP contribution in [0.3, 0.4) is 0 Å². The Bertz CT molecular complexity index is 490. The number of halogens is 2. The van der Waals surface area contributed by atoms with Gasteiger partial charge in [0.25, 0.3) is 0 Å². The molecule has 5 heteroatoms. The number of rotatable bonds is 2. The van der Waals surface area contributed by atoms with Crippen LogP contribution in [0, 0.1) is 0 Å². The summed E-state index contributed by atoms with van der Waals surface area (Å²) < 4.78 is 12.4. The van der Waals surface area contributed by atoms with Gasteiger partial charge in [-0.3, -0.25) is 0 Å². The van der Waals surface area contributed by atoms with Gasteiger partial charge in [-0.25, -0.2) is 0 Å². The molecule has 0 atom stereocenters. The highest BCUT2D eigenvalue weighted by atomic mass is 79.9. The lowest BCUT2D eigenvalue weighted by Gasteiger charge is -2.40. The van der Waals surface area contributed by atoms with Crippen LogP contribution in [0.5, 0.6) is 0 Å². The molecule has 2 fully saturated rings. The van der Waals surface area contributed by atoms with Crippen LogP contribution in [-0.2, 0) is 15.9 Å². The first-order chi connectivity index (χ1) is 9.50. The van der Waals surface area contributed by atoms with Gasteiger partial charge in [-0.1, -0.05) is 33.6 Å². The zero-order valence-corrected chi connectivity index (χ0v) is 13.5. The van der Waals surface area contributed by atoms with Gasteiger partial charge >= 0.3 is 0 Å². The second-order valence-electron chi connectivity index (χ2n) is 5.74. The van der Waals surface area contributed by atoms with Crippen molar-refractivity contribution >= 4 is 27.5 Å². The summed E-state index contributed by atoms with van der Waals surface area (Å²) >= 11 is 9.64. The molecule has 1 aliphatic heterocycles. The van der Waals surface area contributed by atoms with Crippen LogP contribution in [0.2, 0.25) is 5.02 Å². The maximum absolute atomic E-state index is 10.8. The van der Waals surface area contributed by atoms with Crippen molar-refractivity contribution in [3.63, 3.8) is 0 Å². The van der Waals surface area contributed by atoms with Crippen LogP contribution in [-0.4, -0.2) is 29.7 Å². The van der Waals surface area contributed by atoms with E-state index in [1.807, 2.05) is 18.2 Å². The smallest absolute Gasteiger partial charge is 0.168 e. The van der Waals surface area contributed by atoms with E-state index in [9.17, 15) is 5.11 Å². The quantitative estimate of drug-likeness (QED) is 0.873. The minimum absolute atomic E-state index is 0.435. The van der Waals surface area contributed by atoms with E-state index in [1.165, 1.54) is 0 Å². The fourth-order valence-electron chi connectivity index (χ4n) is 3.08. The molecule has 0 amide bonds. The van der Waals surface area contributed by atoms with Crippen LogP contribution in [0.25, 0.3) is 0 Å². The van der Waals surface area contributed by atoms with Crippen molar-refractivity contribution in [3.05, 3.63) is 33.3 Å². The summed E-state index contributed by atoms with van der Waals surface area (Å²) in [5, 5.41) is 11.5. The molecule has 2 aliphatic rings. The van der Waals surface area contributed by atoms with Crippen molar-refractivity contribution in [3.8, 4) is 0 Å². The van der Waals surface area contributed by atoms with Crippen molar-refractivity contribution in [1.82, 2.24) is 0 Å². The van der Waals surface area contributed by atoms with Gasteiger partial charge in [0.15, 0.2) is 5.79 Å². The molecular formula is C15H18BrClO3. The predicted molar refractivity (Wildman–Crippen MR) is 80.9 cm³/mol. The van der Waals surface area contributed by atoms with Gasteiger partial charge in [0.1, 0.15) is 0 Å². The molecule has 0 aromatic heterocycles. The molecule has 3 nitrogen and oxygen atoms in total. The standard InChI is InChI=1S/C15H18BrClO3/c16-12-2-1-11(13(17)9-12)10-14(18)3-5-15(6-4-14)19-7-8-20-15/h1-2,9,18H,3-8,10H2. The third kappa shape index (κ3) is 3.04. The second-order valence-corrected chi connectivity index (χ2v) is 7.07. The Kier molecular flexibility index (Phi) is 4.13. The van der Waals surface area contributed by atoms with Crippen LogP contribution in [0.15, 0.2) is 22.7 Å². The van der Waals surface area contributed by atoms with E-state index in [4.69, 9.17) is 21.1 Å². The third-order valence-corrected chi connectivity index (χ3v) is 5.14. The molecule has 1 heterocycles. The van der Waals surface area contributed by atoms with Gasteiger partial charge in [-0.05, 0) is 30.5 Å². The lowest BCUT2D eigenvalue weighted by atomic mass is 9.78. The molecule has 110 valence electrons. The average molecular weight is 362 g/mol. The van der Waals surface area contributed by atoms with Gasteiger partial charge in [0, 0.05) is 28.8 Å². The molecule has 0 unspecified atom stereocenters. The summed E-state index contributed by atoms with van der Waals surface area (Å²) in [6.07, 6.45) is 3.43. The van der Waals surface area contributed by atoms with Crippen molar-refractivity contribution in [2.75, 3.05) is 13.2 Å². The van der Waals surface area contributed by atoms with Crippen molar-refractivity contribution in [2.24, 2.45) is 0 Å². The maximum atomic E-state index is 10.8. The first kappa shape index (κ1) is 14.8. The molecule has 20 heavy (non-hydrogen) atoms. The molecule has 1 saturated heterocycles. The Morgan fingerprint density at radius 3 is 2.40 bits per heavy atom. The topological polar surface area (TPSA) is 38.7 Å². The summed E-state index contributed by atoms with van der Waals surface area (Å²) in [7, 11) is 0. The van der Waals surface area contributed by atoms with Gasteiger partial charge in [0.2, 0.25) is 0 Å². The fraction of sp³-hybridized carbons (Fsp3) is 0.600. The number of hydrogen-bond acceptors (Lipinski definition) is 3. The van der Waals surface area contributed by atoms with Gasteiger partial charge in [-0.15, -0.1) is 0 Å². The number of ether oxygens (including phenoxy) is 2. The maximum Gasteiger partial charge on any atom is 0.168 e. The fourth-order valence-corrected chi connectivity index (χ4v) is 3.82. The third-order valence-electron chi connectivity index (χ3n) is 4.29. The normalized spacial score (nSPS) is 24.1. The number of hydrogen-bond donors (Lipinski definition) is 1. The van der Waals surface area contributed by atoms with Crippen LogP contribution in [0.4, 0.5) is 0 Å². The first-order valence-electron chi connectivity index (χ1n) is 6.95. The first-order valence-corrected chi connectivity index (χ1v) is 8.12. The van der Waals surface area contributed by atoms with E-state index in [0.29, 0.717) is 37.5 Å². The van der Waals surface area contributed by atoms with Gasteiger partial charge in [-0.2, -0.15) is 0 Å². The Morgan fingerprint density at radius 1 is 1.15 bits per heavy atom. The highest BCUT2D eigenvalue weighted by molar-refractivity contribution is 9.10. The van der Waals surface area contributed by atoms with Crippen LogP contribution in [0.1, 0.15) is 31.2 Å². The lowest BCUT2D eigenvalue weighted by Crippen LogP contribution is -2.44. The van der Waals surface area contributed by atoms with E-state index in [-0.39, 0.29) is 0 Å². The summed E-state index contributed by atoms with van der Waals surface area (Å²) in [6, 6.07) is 5.79. The molecule has 1 N–H and O–H groups in total. The largest absolute Gasteiger partial charge is 0.390 e. The monoisotopic (exact) mass is 360 g/mol. The zero-order valence-electron chi connectivity index (χ0n) is 11.2. The zero-order chi connectivity index (χ0) is 14.2. The summed E-state index contributed by atoms with van der Waals surface area (Å²) in [6.45, 7) is 1.33. The highest BCUT2D eigenvalue weighted by Crippen LogP contribution is 2.42. The molecule has 1 spiro atoms. The Labute approximate surface area is 132 Å². The van der Waals surface area contributed by atoms with E-state index >= 15 is 0 Å². The summed E-state index contributed by atoms with van der Waals surface area (Å²) in [5.74, 6) is -0.435. The van der Waals surface area contributed by atoms with E-state index in [0.717, 1.165) is 22.9 Å². The molecule has 0 bridgehead atoms. The van der Waals surface area contributed by atoms with Crippen LogP contribution < -0.4 is 0 Å². The Balaban J connectivity index is 1.68. The molecule has 1 aliphatic carbocycles. The number of benzene rings is 1. The lowest BCUT2D eigenvalue weighted by molar-refractivity contribution is -0.202. The minimum Gasteiger partial charge on any atom is -0.390 e. The number of aliphatic hydroxyl groups is 1. The minimum atomic E-state index is -0.710. The van der Waals surface area contributed by atoms with Crippen LogP contribution >= 0.6 is 27.5 Å². The average Bonchev–Trinajstić information content (AvgIpc) is 2.87. The summed E-state index contributed by atoms with van der Waals surface area (Å²) in [4.78, 5) is 0. The molecule has 1 aromatic carbocycles. The Morgan fingerprint density at radius 2 is 1.80 bits per heavy atom. The molecule has 1 aromatic rings. The predicted octanol–water partition coefficient (Wildman–Crippen LogP) is 3.69. The molecule has 1 saturated carbocycles. The van der Waals surface area contributed by atoms with Crippen molar-refractivity contribution in [2.45, 2.75) is 43.5 Å².